The Labute approximate surface area is 169 Å². The average molecular weight is 413 g/mol. The van der Waals surface area contributed by atoms with Gasteiger partial charge in [-0.3, -0.25) is 4.79 Å². The Morgan fingerprint density at radius 2 is 1.90 bits per heavy atom. The summed E-state index contributed by atoms with van der Waals surface area (Å²) >= 11 is 0. The number of benzene rings is 1. The molecule has 0 spiro atoms. The van der Waals surface area contributed by atoms with Gasteiger partial charge in [-0.25, -0.2) is 4.79 Å². The van der Waals surface area contributed by atoms with Gasteiger partial charge in [-0.05, 0) is 25.7 Å². The van der Waals surface area contributed by atoms with E-state index in [0.29, 0.717) is 25.8 Å². The molecule has 0 unspecified atom stereocenters. The summed E-state index contributed by atoms with van der Waals surface area (Å²) in [5.74, 6) is -4.18. The number of cyclic esters (lactones) is 1. The van der Waals surface area contributed by atoms with Crippen molar-refractivity contribution in [3.8, 4) is 0 Å². The van der Waals surface area contributed by atoms with E-state index < -0.39 is 24.1 Å². The lowest BCUT2D eigenvalue weighted by atomic mass is 9.96. The molecular formula is C21H29F2NO5. The van der Waals surface area contributed by atoms with Crippen LogP contribution >= 0.6 is 0 Å². The first-order valence-corrected chi connectivity index (χ1v) is 10.1. The molecule has 2 rings (SSSR count). The Bertz CT molecular complexity index is 656. The fourth-order valence-electron chi connectivity index (χ4n) is 3.54. The molecule has 0 radical (unpaired) electrons. The number of unbranched alkanes of at least 4 members (excludes halogenated alkanes) is 3. The molecule has 1 heterocycles. The molecule has 6 nitrogen and oxygen atoms in total. The van der Waals surface area contributed by atoms with Crippen LogP contribution in [0.4, 0.5) is 13.6 Å². The van der Waals surface area contributed by atoms with E-state index in [2.05, 4.69) is 0 Å². The molecule has 1 saturated heterocycles. The number of alkyl halides is 2. The van der Waals surface area contributed by atoms with Crippen molar-refractivity contribution < 1.29 is 33.3 Å². The Morgan fingerprint density at radius 1 is 1.21 bits per heavy atom. The Morgan fingerprint density at radius 3 is 2.59 bits per heavy atom. The van der Waals surface area contributed by atoms with Crippen LogP contribution in [0.2, 0.25) is 0 Å². The van der Waals surface area contributed by atoms with Gasteiger partial charge in [0.05, 0.1) is 6.61 Å². The van der Waals surface area contributed by atoms with Crippen LogP contribution in [0.3, 0.4) is 0 Å². The number of aliphatic carboxylic acids is 1. The number of ether oxygens (including phenoxy) is 1. The van der Waals surface area contributed by atoms with Gasteiger partial charge in [-0.15, -0.1) is 0 Å². The van der Waals surface area contributed by atoms with Crippen LogP contribution in [0.25, 0.3) is 0 Å². The molecule has 29 heavy (non-hydrogen) atoms. The maximum absolute atomic E-state index is 14.5. The fourth-order valence-corrected chi connectivity index (χ4v) is 3.54. The van der Waals surface area contributed by atoms with Crippen molar-refractivity contribution in [1.82, 2.24) is 4.90 Å². The number of amides is 1. The van der Waals surface area contributed by atoms with Gasteiger partial charge in [0.15, 0.2) is 0 Å². The van der Waals surface area contributed by atoms with E-state index in [9.17, 15) is 23.5 Å². The smallest absolute Gasteiger partial charge is 0.410 e. The first kappa shape index (κ1) is 23.1. The minimum Gasteiger partial charge on any atom is -0.481 e. The predicted octanol–water partition coefficient (Wildman–Crippen LogP) is 4.17. The minimum absolute atomic E-state index is 0.127. The lowest BCUT2D eigenvalue weighted by Gasteiger charge is -2.36. The summed E-state index contributed by atoms with van der Waals surface area (Å²) < 4.78 is 34.0. The molecule has 2 N–H and O–H groups in total. The van der Waals surface area contributed by atoms with E-state index in [1.54, 1.807) is 11.0 Å². The largest absolute Gasteiger partial charge is 0.481 e. The summed E-state index contributed by atoms with van der Waals surface area (Å²) in [6.45, 7) is 0.672. The molecule has 1 aromatic rings. The topological polar surface area (TPSA) is 87.1 Å². The van der Waals surface area contributed by atoms with Gasteiger partial charge in [-0.1, -0.05) is 43.2 Å². The zero-order valence-corrected chi connectivity index (χ0v) is 16.4. The number of carbonyl (C=O) groups is 2. The van der Waals surface area contributed by atoms with Gasteiger partial charge in [0.1, 0.15) is 6.10 Å². The Balaban J connectivity index is 1.83. The first-order valence-electron chi connectivity index (χ1n) is 10.1. The summed E-state index contributed by atoms with van der Waals surface area (Å²) in [7, 11) is 0. The minimum atomic E-state index is -3.36. The number of aliphatic hydroxyl groups is 1. The molecule has 1 amide bonds. The quantitative estimate of drug-likeness (QED) is 0.503. The van der Waals surface area contributed by atoms with Crippen molar-refractivity contribution >= 4 is 12.1 Å². The van der Waals surface area contributed by atoms with Gasteiger partial charge in [0, 0.05) is 31.0 Å². The molecule has 0 bridgehead atoms. The van der Waals surface area contributed by atoms with Crippen molar-refractivity contribution in [2.45, 2.75) is 69.4 Å². The van der Waals surface area contributed by atoms with Crippen LogP contribution in [0.5, 0.6) is 0 Å². The van der Waals surface area contributed by atoms with E-state index in [1.807, 2.05) is 0 Å². The Kier molecular flexibility index (Phi) is 8.82. The summed E-state index contributed by atoms with van der Waals surface area (Å²) in [5, 5.41) is 18.7. The number of aliphatic hydroxyl groups excluding tert-OH is 1. The van der Waals surface area contributed by atoms with Crippen molar-refractivity contribution in [2.75, 3.05) is 13.2 Å². The second-order valence-corrected chi connectivity index (χ2v) is 7.39. The highest BCUT2D eigenvalue weighted by atomic mass is 19.3. The summed E-state index contributed by atoms with van der Waals surface area (Å²) in [6, 6.07) is 6.97. The number of nitrogens with zero attached hydrogens (tertiary/aromatic N) is 1. The third-order valence-corrected chi connectivity index (χ3v) is 5.24. The van der Waals surface area contributed by atoms with Crippen molar-refractivity contribution in [1.29, 1.82) is 0 Å². The number of carboxylic acids is 1. The number of halogens is 2. The van der Waals surface area contributed by atoms with E-state index in [4.69, 9.17) is 9.84 Å². The molecule has 1 aliphatic heterocycles. The highest BCUT2D eigenvalue weighted by Gasteiger charge is 2.41. The van der Waals surface area contributed by atoms with Gasteiger partial charge in [0.2, 0.25) is 0 Å². The third-order valence-electron chi connectivity index (χ3n) is 5.24. The average Bonchev–Trinajstić information content (AvgIpc) is 2.70. The number of carboxylic acid groups (broad SMARTS) is 1. The molecule has 0 saturated carbocycles. The van der Waals surface area contributed by atoms with Crippen LogP contribution in [0, 0.1) is 0 Å². The van der Waals surface area contributed by atoms with Gasteiger partial charge >= 0.3 is 12.1 Å². The normalized spacial score (nSPS) is 18.4. The van der Waals surface area contributed by atoms with Gasteiger partial charge in [-0.2, -0.15) is 8.78 Å². The molecule has 0 aromatic heterocycles. The predicted molar refractivity (Wildman–Crippen MR) is 103 cm³/mol. The van der Waals surface area contributed by atoms with Crippen molar-refractivity contribution in [3.05, 3.63) is 35.9 Å². The van der Waals surface area contributed by atoms with Gasteiger partial charge in [0.25, 0.3) is 5.92 Å². The lowest BCUT2D eigenvalue weighted by molar-refractivity contribution is -0.137. The van der Waals surface area contributed by atoms with Gasteiger partial charge < -0.3 is 19.8 Å². The number of hydrogen-bond acceptors (Lipinski definition) is 4. The Hall–Kier alpha value is -2.22. The summed E-state index contributed by atoms with van der Waals surface area (Å²) in [5.41, 5.74) is -0.228. The zero-order valence-electron chi connectivity index (χ0n) is 16.4. The van der Waals surface area contributed by atoms with Crippen molar-refractivity contribution in [2.24, 2.45) is 0 Å². The van der Waals surface area contributed by atoms with E-state index in [1.165, 1.54) is 24.3 Å². The van der Waals surface area contributed by atoms with E-state index in [-0.39, 0.29) is 37.5 Å². The maximum atomic E-state index is 14.5. The molecule has 2 atom stereocenters. The fraction of sp³-hybridized carbons (Fsp3) is 0.619. The van der Waals surface area contributed by atoms with Crippen LogP contribution in [0.15, 0.2) is 30.3 Å². The summed E-state index contributed by atoms with van der Waals surface area (Å²) in [6.07, 6.45) is 1.30. The number of carbonyl (C=O) groups excluding carboxylic acids is 1. The van der Waals surface area contributed by atoms with Crippen LogP contribution in [0.1, 0.15) is 56.9 Å². The highest BCUT2D eigenvalue weighted by Crippen LogP contribution is 2.34. The van der Waals surface area contributed by atoms with E-state index in [0.717, 1.165) is 12.8 Å². The zero-order chi connectivity index (χ0) is 21.3. The lowest BCUT2D eigenvalue weighted by Crippen LogP contribution is -2.46. The third kappa shape index (κ3) is 6.96. The second kappa shape index (κ2) is 11.1. The summed E-state index contributed by atoms with van der Waals surface area (Å²) in [4.78, 5) is 24.2. The molecule has 1 aliphatic rings. The molecule has 1 aromatic carbocycles. The SMILES string of the molecule is O=C(O)CCCCCCN1C(=O)OCC[C@@H]1CC[C@@H](O)C(F)(F)c1ccccc1. The molecule has 1 fully saturated rings. The molecule has 162 valence electrons. The number of rotatable bonds is 12. The van der Waals surface area contributed by atoms with Crippen LogP contribution in [-0.2, 0) is 15.5 Å². The molecule has 8 heteroatoms. The second-order valence-electron chi connectivity index (χ2n) is 7.39. The monoisotopic (exact) mass is 413 g/mol. The highest BCUT2D eigenvalue weighted by molar-refractivity contribution is 5.68. The van der Waals surface area contributed by atoms with Crippen molar-refractivity contribution in [3.63, 3.8) is 0 Å². The van der Waals surface area contributed by atoms with E-state index >= 15 is 0 Å². The maximum Gasteiger partial charge on any atom is 0.410 e. The standard InChI is InChI=1S/C21H29F2NO5/c22-21(23,16-8-4-3-5-9-16)18(25)12-11-17-13-15-29-20(28)24(17)14-7-2-1-6-10-19(26)27/h3-5,8-9,17-18,25H,1-2,6-7,10-15H2,(H,26,27)/t17-,18+/m0/s1. The molecule has 0 aliphatic carbocycles. The van der Waals surface area contributed by atoms with Crippen LogP contribution < -0.4 is 0 Å². The van der Waals surface area contributed by atoms with Crippen LogP contribution in [-0.4, -0.2) is 52.5 Å². The molecular weight excluding hydrogens is 384 g/mol. The number of hydrogen-bond donors (Lipinski definition) is 2. The first-order chi connectivity index (χ1) is 13.8.